The van der Waals surface area contributed by atoms with Crippen LogP contribution in [0.25, 0.3) is 6.08 Å². The molecule has 0 aromatic heterocycles. The van der Waals surface area contributed by atoms with Crippen LogP contribution in [0, 0.1) is 0 Å². The van der Waals surface area contributed by atoms with Crippen LogP contribution in [0.1, 0.15) is 5.56 Å². The Morgan fingerprint density at radius 3 is 2.37 bits per heavy atom. The molecule has 1 N–H and O–H groups in total. The molecule has 0 spiro atoms. The number of nitrogens with zero attached hydrogens (tertiary/aromatic N) is 3. The maximum absolute atomic E-state index is 12.4. The van der Waals surface area contributed by atoms with Crippen molar-refractivity contribution >= 4 is 34.6 Å². The molecular weight excluding hydrogens is 402 g/mol. The molecule has 0 unspecified atom stereocenters. The summed E-state index contributed by atoms with van der Waals surface area (Å²) in [5.74, 6) is 1.05. The van der Waals surface area contributed by atoms with Gasteiger partial charge in [-0.25, -0.2) is 0 Å². The fourth-order valence-corrected chi connectivity index (χ4v) is 4.38. The van der Waals surface area contributed by atoms with Gasteiger partial charge in [0.25, 0.3) is 5.91 Å². The fraction of sp³-hybridized carbons (Fsp3) is 0.273. The molecule has 8 heteroatoms. The summed E-state index contributed by atoms with van der Waals surface area (Å²) in [6, 6.07) is 13.0. The van der Waals surface area contributed by atoms with Crippen LogP contribution in [0.4, 0.5) is 5.69 Å². The second-order valence-electron chi connectivity index (χ2n) is 6.91. The molecule has 30 heavy (non-hydrogen) atoms. The molecule has 1 saturated heterocycles. The van der Waals surface area contributed by atoms with Gasteiger partial charge in [0.05, 0.1) is 19.1 Å². The summed E-state index contributed by atoms with van der Waals surface area (Å²) in [7, 11) is 3.16. The van der Waals surface area contributed by atoms with Gasteiger partial charge in [-0.15, -0.1) is 0 Å². The van der Waals surface area contributed by atoms with Gasteiger partial charge in [-0.1, -0.05) is 6.07 Å². The molecule has 1 amide bonds. The summed E-state index contributed by atoms with van der Waals surface area (Å²) in [6.07, 6.45) is 1.78. The maximum Gasteiger partial charge on any atom is 0.286 e. The summed E-state index contributed by atoms with van der Waals surface area (Å²) in [5, 5.41) is 10.5. The number of carbonyl (C=O) groups is 1. The first-order valence-electron chi connectivity index (χ1n) is 9.61. The van der Waals surface area contributed by atoms with E-state index < -0.39 is 0 Å². The van der Waals surface area contributed by atoms with Crippen molar-refractivity contribution in [3.8, 4) is 17.2 Å². The minimum atomic E-state index is -0.236. The third-order valence-electron chi connectivity index (χ3n) is 5.10. The number of hydrogen-bond acceptors (Lipinski definition) is 7. The number of thioether (sulfide) groups is 1. The average molecular weight is 426 g/mol. The van der Waals surface area contributed by atoms with Crippen molar-refractivity contribution in [2.45, 2.75) is 0 Å². The zero-order valence-electron chi connectivity index (χ0n) is 16.9. The lowest BCUT2D eigenvalue weighted by atomic mass is 10.2. The van der Waals surface area contributed by atoms with Gasteiger partial charge in [0.15, 0.2) is 16.7 Å². The zero-order chi connectivity index (χ0) is 21.1. The van der Waals surface area contributed by atoms with Gasteiger partial charge in [-0.2, -0.15) is 4.99 Å². The van der Waals surface area contributed by atoms with Crippen molar-refractivity contribution in [2.24, 2.45) is 4.99 Å². The maximum atomic E-state index is 12.4. The zero-order valence-corrected chi connectivity index (χ0v) is 17.7. The Morgan fingerprint density at radius 2 is 1.70 bits per heavy atom. The van der Waals surface area contributed by atoms with Crippen LogP contribution in [-0.4, -0.2) is 61.5 Å². The van der Waals surface area contributed by atoms with Gasteiger partial charge in [0.2, 0.25) is 0 Å². The second-order valence-corrected chi connectivity index (χ2v) is 7.92. The molecular formula is C22H23N3O4S. The lowest BCUT2D eigenvalue weighted by Gasteiger charge is -2.36. The van der Waals surface area contributed by atoms with Crippen molar-refractivity contribution in [1.82, 2.24) is 4.90 Å². The molecule has 2 aliphatic heterocycles. The number of amides is 1. The molecule has 2 aromatic rings. The molecule has 0 atom stereocenters. The topological polar surface area (TPSA) is 74.6 Å². The van der Waals surface area contributed by atoms with Gasteiger partial charge in [-0.05, 0) is 59.8 Å². The molecule has 0 radical (unpaired) electrons. The first-order chi connectivity index (χ1) is 14.6. The first-order valence-corrected chi connectivity index (χ1v) is 10.4. The number of ether oxygens (including phenoxy) is 2. The van der Waals surface area contributed by atoms with E-state index in [1.165, 1.54) is 18.9 Å². The van der Waals surface area contributed by atoms with E-state index >= 15 is 0 Å². The standard InChI is InChI=1S/C22H23N3O4S/c1-28-17-6-4-16(5-7-17)24-9-11-25(12-10-24)22-23-21(27)20(30-22)14-15-3-8-18(26)19(13-15)29-2/h3-8,13-14,26H,9-12H2,1-2H3/b20-14-. The summed E-state index contributed by atoms with van der Waals surface area (Å²) in [5.41, 5.74) is 1.94. The van der Waals surface area contributed by atoms with Crippen LogP contribution < -0.4 is 14.4 Å². The van der Waals surface area contributed by atoms with Crippen LogP contribution in [-0.2, 0) is 4.79 Å². The Bertz CT molecular complexity index is 996. The lowest BCUT2D eigenvalue weighted by molar-refractivity contribution is -0.113. The highest BCUT2D eigenvalue weighted by Crippen LogP contribution is 2.33. The van der Waals surface area contributed by atoms with Crippen molar-refractivity contribution in [3.05, 3.63) is 52.9 Å². The normalized spacial score (nSPS) is 18.0. The summed E-state index contributed by atoms with van der Waals surface area (Å²) in [4.78, 5) is 21.7. The fourth-order valence-electron chi connectivity index (χ4n) is 3.42. The van der Waals surface area contributed by atoms with E-state index in [0.29, 0.717) is 10.7 Å². The number of amidine groups is 1. The number of aromatic hydroxyl groups is 1. The number of rotatable bonds is 4. The molecule has 0 saturated carbocycles. The average Bonchev–Trinajstić information content (AvgIpc) is 3.15. The summed E-state index contributed by atoms with van der Waals surface area (Å²) in [6.45, 7) is 3.31. The van der Waals surface area contributed by atoms with Gasteiger partial charge >= 0.3 is 0 Å². The SMILES string of the molecule is COc1ccc(N2CCN(C3=NC(=O)/C(=C/c4ccc(O)c(OC)c4)S3)CC2)cc1. The molecule has 2 aromatic carbocycles. The smallest absolute Gasteiger partial charge is 0.286 e. The highest BCUT2D eigenvalue weighted by atomic mass is 32.2. The molecule has 156 valence electrons. The predicted octanol–water partition coefficient (Wildman–Crippen LogP) is 3.20. The first kappa shape index (κ1) is 20.2. The predicted molar refractivity (Wildman–Crippen MR) is 119 cm³/mol. The largest absolute Gasteiger partial charge is 0.504 e. The number of methoxy groups -OCH3 is 2. The van der Waals surface area contributed by atoms with Crippen LogP contribution in [0.3, 0.4) is 0 Å². The highest BCUT2D eigenvalue weighted by Gasteiger charge is 2.28. The third-order valence-corrected chi connectivity index (χ3v) is 6.14. The van der Waals surface area contributed by atoms with Gasteiger partial charge in [0.1, 0.15) is 5.75 Å². The Kier molecular flexibility index (Phi) is 5.85. The number of aliphatic imine (C=N–C) groups is 1. The molecule has 0 aliphatic carbocycles. The highest BCUT2D eigenvalue weighted by molar-refractivity contribution is 8.18. The van der Waals surface area contributed by atoms with Crippen LogP contribution >= 0.6 is 11.8 Å². The van der Waals surface area contributed by atoms with Gasteiger partial charge < -0.3 is 24.4 Å². The lowest BCUT2D eigenvalue weighted by Crippen LogP contribution is -2.47. The van der Waals surface area contributed by atoms with E-state index in [1.807, 2.05) is 12.1 Å². The van der Waals surface area contributed by atoms with E-state index in [2.05, 4.69) is 26.9 Å². The van der Waals surface area contributed by atoms with E-state index in [-0.39, 0.29) is 11.7 Å². The van der Waals surface area contributed by atoms with E-state index in [0.717, 1.165) is 48.3 Å². The Morgan fingerprint density at radius 1 is 1.00 bits per heavy atom. The van der Waals surface area contributed by atoms with Crippen LogP contribution in [0.15, 0.2) is 52.4 Å². The second kappa shape index (κ2) is 8.71. The summed E-state index contributed by atoms with van der Waals surface area (Å²) >= 11 is 1.39. The van der Waals surface area contributed by atoms with Crippen molar-refractivity contribution in [3.63, 3.8) is 0 Å². The number of phenolic OH excluding ortho intramolecular Hbond substituents is 1. The molecule has 2 aliphatic rings. The number of benzene rings is 2. The summed E-state index contributed by atoms with van der Waals surface area (Å²) < 4.78 is 10.4. The molecule has 7 nitrogen and oxygen atoms in total. The quantitative estimate of drug-likeness (QED) is 0.754. The van der Waals surface area contributed by atoms with E-state index in [4.69, 9.17) is 9.47 Å². The number of carbonyl (C=O) groups excluding carboxylic acids is 1. The minimum absolute atomic E-state index is 0.0664. The van der Waals surface area contributed by atoms with Crippen molar-refractivity contribution in [1.29, 1.82) is 0 Å². The van der Waals surface area contributed by atoms with Crippen LogP contribution in [0.2, 0.25) is 0 Å². The molecule has 2 heterocycles. The Balaban J connectivity index is 1.39. The third kappa shape index (κ3) is 4.23. The number of anilines is 1. The van der Waals surface area contributed by atoms with Crippen molar-refractivity contribution < 1.29 is 19.4 Å². The Labute approximate surface area is 179 Å². The van der Waals surface area contributed by atoms with Crippen LogP contribution in [0.5, 0.6) is 17.2 Å². The van der Waals surface area contributed by atoms with E-state index in [1.54, 1.807) is 31.4 Å². The molecule has 1 fully saturated rings. The number of piperazine rings is 1. The minimum Gasteiger partial charge on any atom is -0.504 e. The monoisotopic (exact) mass is 425 g/mol. The number of phenols is 1. The van der Waals surface area contributed by atoms with E-state index in [9.17, 15) is 9.90 Å². The van der Waals surface area contributed by atoms with Gasteiger partial charge in [-0.3, -0.25) is 4.79 Å². The molecule has 4 rings (SSSR count). The van der Waals surface area contributed by atoms with Gasteiger partial charge in [0, 0.05) is 31.9 Å². The Hall–Kier alpha value is -3.13. The molecule has 0 bridgehead atoms. The van der Waals surface area contributed by atoms with Crippen molar-refractivity contribution in [2.75, 3.05) is 45.3 Å². The number of hydrogen-bond donors (Lipinski definition) is 1.